The zero-order valence-electron chi connectivity index (χ0n) is 12.8. The number of nitrogens with zero attached hydrogens (tertiary/aromatic N) is 2. The van der Waals surface area contributed by atoms with Crippen LogP contribution < -0.4 is 0 Å². The van der Waals surface area contributed by atoms with Gasteiger partial charge in [0.05, 0.1) is 25.4 Å². The van der Waals surface area contributed by atoms with Gasteiger partial charge in [-0.25, -0.2) is 0 Å². The van der Waals surface area contributed by atoms with Crippen LogP contribution >= 0.6 is 48.0 Å². The number of aliphatic hydroxyl groups is 2. The fourth-order valence-electron chi connectivity index (χ4n) is 1.03. The lowest BCUT2D eigenvalue weighted by Crippen LogP contribution is -2.26. The van der Waals surface area contributed by atoms with Crippen molar-refractivity contribution >= 4 is 56.6 Å². The van der Waals surface area contributed by atoms with E-state index in [9.17, 15) is 10.2 Å². The Balaban J connectivity index is 3.68. The van der Waals surface area contributed by atoms with Crippen LogP contribution in [0.2, 0.25) is 0 Å². The molecule has 2 N–H and O–H groups in total. The topological polar surface area (TPSA) is 56.2 Å². The van der Waals surface area contributed by atoms with Crippen LogP contribution in [0.1, 0.15) is 0 Å². The molecule has 0 aliphatic rings. The number of hydrogen-bond donors (Lipinski definition) is 2. The van der Waals surface area contributed by atoms with Gasteiger partial charge in [-0.2, -0.15) is 0 Å². The highest BCUT2D eigenvalue weighted by Crippen LogP contribution is 2.10. The Kier molecular flexibility index (Phi) is 12.1. The summed E-state index contributed by atoms with van der Waals surface area (Å²) in [6, 6.07) is 0. The molecule has 0 aromatic carbocycles. The minimum Gasteiger partial charge on any atom is -0.390 e. The van der Waals surface area contributed by atoms with E-state index in [-0.39, 0.29) is 13.2 Å². The number of thioether (sulfide) groups is 2. The molecule has 2 unspecified atom stereocenters. The molecule has 0 bridgehead atoms. The summed E-state index contributed by atoms with van der Waals surface area (Å²) in [4.78, 5) is 3.64. The van der Waals surface area contributed by atoms with Gasteiger partial charge in [-0.3, -0.25) is 0 Å². The van der Waals surface area contributed by atoms with E-state index in [1.807, 2.05) is 38.0 Å². The van der Waals surface area contributed by atoms with E-state index in [0.717, 1.165) is 8.64 Å². The van der Waals surface area contributed by atoms with E-state index in [1.165, 1.54) is 23.5 Å². The maximum absolute atomic E-state index is 9.75. The zero-order valence-corrected chi connectivity index (χ0v) is 16.1. The van der Waals surface area contributed by atoms with Crippen molar-refractivity contribution in [3.8, 4) is 0 Å². The van der Waals surface area contributed by atoms with Crippen molar-refractivity contribution in [3.05, 3.63) is 0 Å². The summed E-state index contributed by atoms with van der Waals surface area (Å²) in [7, 11) is 7.46. The Morgan fingerprint density at radius 3 is 1.52 bits per heavy atom. The van der Waals surface area contributed by atoms with Gasteiger partial charge in [0.1, 0.15) is 8.64 Å². The van der Waals surface area contributed by atoms with Crippen molar-refractivity contribution in [1.82, 2.24) is 9.80 Å². The second kappa shape index (κ2) is 11.9. The number of aliphatic hydroxyl groups excluding tert-OH is 2. The van der Waals surface area contributed by atoms with Gasteiger partial charge in [-0.15, -0.1) is 0 Å². The lowest BCUT2D eigenvalue weighted by atomic mass is 10.4. The Hall–Kier alpha value is 0.360. The third-order valence-corrected chi connectivity index (χ3v) is 5.91. The Morgan fingerprint density at radius 2 is 1.24 bits per heavy atom. The number of hydrogen-bond acceptors (Lipinski definition) is 7. The van der Waals surface area contributed by atoms with E-state index in [1.54, 1.807) is 0 Å². The maximum Gasteiger partial charge on any atom is 0.135 e. The molecule has 124 valence electrons. The van der Waals surface area contributed by atoms with E-state index in [4.69, 9.17) is 29.2 Å². The summed E-state index contributed by atoms with van der Waals surface area (Å²) in [5, 5.41) is 19.5. The van der Waals surface area contributed by atoms with E-state index in [2.05, 4.69) is 0 Å². The molecule has 2 atom stereocenters. The molecular weight excluding hydrogens is 348 g/mol. The standard InChI is InChI=1S/C12H24N2O3S4/c1-13(2)11(18)20-7-9(15)5-17-6-10(16)8-21-12(19)14(3)4/h9-10,15-16H,5-8H2,1-4H3. The van der Waals surface area contributed by atoms with Gasteiger partial charge in [0.25, 0.3) is 0 Å². The second-order valence-electron chi connectivity index (χ2n) is 4.79. The first-order valence-corrected chi connectivity index (χ1v) is 9.14. The minimum atomic E-state index is -0.601. The van der Waals surface area contributed by atoms with Gasteiger partial charge in [0.2, 0.25) is 0 Å². The first kappa shape index (κ1) is 21.4. The van der Waals surface area contributed by atoms with Crippen LogP contribution in [0.25, 0.3) is 0 Å². The lowest BCUT2D eigenvalue weighted by molar-refractivity contribution is 0.00679. The Morgan fingerprint density at radius 1 is 0.905 bits per heavy atom. The van der Waals surface area contributed by atoms with Crippen molar-refractivity contribution in [3.63, 3.8) is 0 Å². The Bertz CT molecular complexity index is 300. The van der Waals surface area contributed by atoms with Crippen LogP contribution in [0.3, 0.4) is 0 Å². The zero-order chi connectivity index (χ0) is 16.4. The fourth-order valence-corrected chi connectivity index (χ4v) is 2.82. The van der Waals surface area contributed by atoms with Crippen LogP contribution in [-0.2, 0) is 4.74 Å². The third-order valence-electron chi connectivity index (χ3n) is 2.15. The lowest BCUT2D eigenvalue weighted by Gasteiger charge is -2.17. The van der Waals surface area contributed by atoms with Crippen molar-refractivity contribution < 1.29 is 14.9 Å². The third kappa shape index (κ3) is 11.6. The molecule has 0 spiro atoms. The average Bonchev–Trinajstić information content (AvgIpc) is 2.41. The molecule has 0 saturated carbocycles. The van der Waals surface area contributed by atoms with Crippen molar-refractivity contribution in [1.29, 1.82) is 0 Å². The predicted molar refractivity (Wildman–Crippen MR) is 100 cm³/mol. The number of ether oxygens (including phenoxy) is 1. The quantitative estimate of drug-likeness (QED) is 0.605. The molecule has 0 fully saturated rings. The minimum absolute atomic E-state index is 0.183. The van der Waals surface area contributed by atoms with Crippen LogP contribution in [-0.4, -0.2) is 93.8 Å². The monoisotopic (exact) mass is 372 g/mol. The molecule has 0 aliphatic heterocycles. The molecule has 0 heterocycles. The molecule has 21 heavy (non-hydrogen) atoms. The smallest absolute Gasteiger partial charge is 0.135 e. The molecule has 9 heteroatoms. The Labute approximate surface area is 146 Å². The van der Waals surface area contributed by atoms with Crippen LogP contribution in [0.4, 0.5) is 0 Å². The predicted octanol–water partition coefficient (Wildman–Crippen LogP) is 0.884. The van der Waals surface area contributed by atoms with E-state index in [0.29, 0.717) is 11.5 Å². The number of rotatable bonds is 8. The first-order chi connectivity index (χ1) is 9.73. The molecule has 0 aliphatic carbocycles. The van der Waals surface area contributed by atoms with Gasteiger partial charge in [0, 0.05) is 39.7 Å². The fraction of sp³-hybridized carbons (Fsp3) is 0.833. The summed E-state index contributed by atoms with van der Waals surface area (Å²) >= 11 is 13.0. The molecule has 0 aromatic rings. The van der Waals surface area contributed by atoms with Gasteiger partial charge in [0.15, 0.2) is 0 Å². The summed E-state index contributed by atoms with van der Waals surface area (Å²) in [6.45, 7) is 0.367. The molecule has 0 radical (unpaired) electrons. The summed E-state index contributed by atoms with van der Waals surface area (Å²) in [6.07, 6.45) is -1.20. The SMILES string of the molecule is CN(C)C(=S)SCC(O)COCC(O)CSC(=S)N(C)C. The summed E-state index contributed by atoms with van der Waals surface area (Å²) in [5.74, 6) is 0.957. The van der Waals surface area contributed by atoms with E-state index >= 15 is 0 Å². The highest BCUT2D eigenvalue weighted by molar-refractivity contribution is 8.23. The molecule has 0 aromatic heterocycles. The molecule has 0 rings (SSSR count). The van der Waals surface area contributed by atoms with Crippen LogP contribution in [0.5, 0.6) is 0 Å². The first-order valence-electron chi connectivity index (χ1n) is 6.36. The highest BCUT2D eigenvalue weighted by Gasteiger charge is 2.11. The van der Waals surface area contributed by atoms with Gasteiger partial charge in [-0.05, 0) is 0 Å². The largest absolute Gasteiger partial charge is 0.390 e. The number of thiocarbonyl (C=S) groups is 2. The normalized spacial score (nSPS) is 13.6. The summed E-state index contributed by atoms with van der Waals surface area (Å²) in [5.41, 5.74) is 0. The van der Waals surface area contributed by atoms with Gasteiger partial charge in [-0.1, -0.05) is 48.0 Å². The molecule has 0 saturated heterocycles. The van der Waals surface area contributed by atoms with E-state index < -0.39 is 12.2 Å². The maximum atomic E-state index is 9.75. The average molecular weight is 373 g/mol. The van der Waals surface area contributed by atoms with Gasteiger partial charge >= 0.3 is 0 Å². The van der Waals surface area contributed by atoms with Crippen molar-refractivity contribution in [2.45, 2.75) is 12.2 Å². The molecular formula is C12H24N2O3S4. The molecule has 5 nitrogen and oxygen atoms in total. The van der Waals surface area contributed by atoms with Gasteiger partial charge < -0.3 is 24.7 Å². The summed E-state index contributed by atoms with van der Waals surface area (Å²) < 4.78 is 6.75. The van der Waals surface area contributed by atoms with Crippen LogP contribution in [0, 0.1) is 0 Å². The van der Waals surface area contributed by atoms with Crippen LogP contribution in [0.15, 0.2) is 0 Å². The highest BCUT2D eigenvalue weighted by atomic mass is 32.2. The molecule has 0 amide bonds. The van der Waals surface area contributed by atoms with Crippen molar-refractivity contribution in [2.24, 2.45) is 0 Å². The van der Waals surface area contributed by atoms with Crippen molar-refractivity contribution in [2.75, 3.05) is 52.9 Å². The second-order valence-corrected chi connectivity index (χ2v) is 8.10.